The quantitative estimate of drug-likeness (QED) is 0.0315. The zero-order chi connectivity index (χ0) is 44.7. The van der Waals surface area contributed by atoms with Gasteiger partial charge in [0.2, 0.25) is 11.9 Å². The van der Waals surface area contributed by atoms with Gasteiger partial charge in [0, 0.05) is 12.7 Å². The number of hydrogen-bond donors (Lipinski definition) is 5. The summed E-state index contributed by atoms with van der Waals surface area (Å²) in [6.45, 7) is 4.13. The second-order valence-electron chi connectivity index (χ2n) is 11.2. The van der Waals surface area contributed by atoms with E-state index in [0.29, 0.717) is 5.69 Å². The topological polar surface area (TPSA) is 204 Å². The third-order valence-electron chi connectivity index (χ3n) is 6.72. The summed E-state index contributed by atoms with van der Waals surface area (Å²) in [5.74, 6) is -0.590. The molecule has 0 aliphatic rings. The molecule has 0 aromatic heterocycles. The minimum atomic E-state index is -5.06. The first-order chi connectivity index (χ1) is 29.4. The Kier molecular flexibility index (Phi) is 23.8. The lowest BCUT2D eigenvalue weighted by Crippen LogP contribution is -2.44. The summed E-state index contributed by atoms with van der Waals surface area (Å²) in [5, 5.41) is 6.88. The highest BCUT2D eigenvalue weighted by molar-refractivity contribution is 7.81. The molecule has 5 aromatic carbocycles. The SMILES string of the molecule is CC.CN=C(NOS(=O)C(F)(F)F)NC(=O)OCc1ccccc1.Nc1ccccc1.O=C(NC(=Nc1ccccc1)NC(=O)OCc1ccccc1)OCc1ccccc1. The van der Waals surface area contributed by atoms with Gasteiger partial charge in [-0.2, -0.15) is 17.5 Å². The van der Waals surface area contributed by atoms with Crippen LogP contribution in [0.25, 0.3) is 0 Å². The maximum absolute atomic E-state index is 12.2. The van der Waals surface area contributed by atoms with Crippen LogP contribution in [0, 0.1) is 0 Å². The van der Waals surface area contributed by atoms with E-state index in [9.17, 15) is 31.8 Å². The summed E-state index contributed by atoms with van der Waals surface area (Å²) in [4.78, 5) is 43.4. The van der Waals surface area contributed by atoms with Crippen molar-refractivity contribution in [2.75, 3.05) is 12.8 Å². The van der Waals surface area contributed by atoms with Crippen molar-refractivity contribution in [2.24, 2.45) is 9.98 Å². The number of carbonyl (C=O) groups is 3. The molecule has 1 unspecified atom stereocenters. The van der Waals surface area contributed by atoms with Crippen molar-refractivity contribution in [3.63, 3.8) is 0 Å². The van der Waals surface area contributed by atoms with Crippen LogP contribution < -0.4 is 27.2 Å². The molecule has 0 saturated carbocycles. The number of amides is 3. The molecule has 0 fully saturated rings. The molecule has 6 N–H and O–H groups in total. The van der Waals surface area contributed by atoms with Crippen molar-refractivity contribution in [3.8, 4) is 0 Å². The fraction of sp³-hybridized carbons (Fsp3) is 0.167. The number of halogens is 3. The van der Waals surface area contributed by atoms with E-state index in [1.165, 1.54) is 7.05 Å². The first-order valence-corrected chi connectivity index (χ1v) is 19.2. The number of alkyl halides is 3. The second kappa shape index (κ2) is 29.0. The molecule has 1 atom stereocenters. The monoisotopic (exact) mass is 865 g/mol. The van der Waals surface area contributed by atoms with Gasteiger partial charge in [0.25, 0.3) is 11.1 Å². The second-order valence-corrected chi connectivity index (χ2v) is 12.3. The lowest BCUT2D eigenvalue weighted by molar-refractivity contribution is -0.0489. The standard InChI is InChI=1S/C23H21N3O4.C11H12F3N3O4S.C6H7N.C2H6/c27-22(29-16-18-10-4-1-5-11-18)25-21(24-20-14-8-3-9-15-20)26-23(28)30-17-19-12-6-2-7-13-19;1-15-9(17-21-22(19)11(12,13)14)16-10(18)20-7-8-5-3-2-4-6-8;7-6-4-2-1-3-5-6;1-2/h1-15H,16-17H2,(H2,24,25,26,27,28);2-6H,7H2,1H3,(H2,15,16,17,18);1-5H,7H2;1-2H3. The van der Waals surface area contributed by atoms with Gasteiger partial charge in [0.15, 0.2) is 0 Å². The lowest BCUT2D eigenvalue weighted by atomic mass is 10.2. The minimum Gasteiger partial charge on any atom is -0.444 e. The van der Waals surface area contributed by atoms with Gasteiger partial charge >= 0.3 is 23.8 Å². The highest BCUT2D eigenvalue weighted by Gasteiger charge is 2.39. The molecule has 5 aromatic rings. The number of guanidine groups is 2. The predicted molar refractivity (Wildman–Crippen MR) is 227 cm³/mol. The number of aliphatic imine (C=N–C) groups is 2. The zero-order valence-corrected chi connectivity index (χ0v) is 34.2. The van der Waals surface area contributed by atoms with Crippen LogP contribution in [-0.2, 0) is 49.4 Å². The highest BCUT2D eigenvalue weighted by Crippen LogP contribution is 2.19. The number of nitrogens with one attached hydrogen (secondary N) is 4. The van der Waals surface area contributed by atoms with Gasteiger partial charge in [-0.25, -0.2) is 29.1 Å². The Morgan fingerprint density at radius 3 is 1.21 bits per heavy atom. The van der Waals surface area contributed by atoms with Crippen molar-refractivity contribution in [2.45, 2.75) is 39.2 Å². The van der Waals surface area contributed by atoms with Gasteiger partial charge in [-0.15, -0.1) is 0 Å². The first-order valence-electron chi connectivity index (χ1n) is 18.2. The molecule has 0 bridgehead atoms. The molecule has 0 spiro atoms. The van der Waals surface area contributed by atoms with Crippen molar-refractivity contribution >= 4 is 52.7 Å². The first kappa shape index (κ1) is 49.9. The van der Waals surface area contributed by atoms with E-state index >= 15 is 0 Å². The molecule has 324 valence electrons. The van der Waals surface area contributed by atoms with Gasteiger partial charge < -0.3 is 19.9 Å². The average Bonchev–Trinajstić information content (AvgIpc) is 3.28. The molecule has 15 nitrogen and oxygen atoms in total. The normalized spacial score (nSPS) is 10.8. The third kappa shape index (κ3) is 23.1. The van der Waals surface area contributed by atoms with Gasteiger partial charge in [-0.3, -0.25) is 20.9 Å². The van der Waals surface area contributed by atoms with Crippen molar-refractivity contribution in [1.29, 1.82) is 0 Å². The van der Waals surface area contributed by atoms with Crippen LogP contribution in [0.2, 0.25) is 0 Å². The summed E-state index contributed by atoms with van der Waals surface area (Å²) >= 11 is -3.59. The van der Waals surface area contributed by atoms with Gasteiger partial charge in [-0.1, -0.05) is 141 Å². The van der Waals surface area contributed by atoms with Crippen LogP contribution in [0.5, 0.6) is 0 Å². The molecule has 0 aliphatic carbocycles. The number of para-hydroxylation sites is 2. The molecule has 0 aliphatic heterocycles. The lowest BCUT2D eigenvalue weighted by Gasteiger charge is -2.11. The minimum absolute atomic E-state index is 0.0427. The Morgan fingerprint density at radius 1 is 0.574 bits per heavy atom. The van der Waals surface area contributed by atoms with E-state index in [1.807, 2.05) is 116 Å². The molecular weight excluding hydrogens is 820 g/mol. The molecule has 3 amide bonds. The van der Waals surface area contributed by atoms with Crippen LogP contribution in [0.1, 0.15) is 30.5 Å². The molecular formula is C42H46F3N7O8S. The number of benzene rings is 5. The van der Waals surface area contributed by atoms with Crippen LogP contribution in [0.15, 0.2) is 162 Å². The van der Waals surface area contributed by atoms with Crippen LogP contribution in [0.4, 0.5) is 38.9 Å². The maximum Gasteiger partial charge on any atom is 0.499 e. The Morgan fingerprint density at radius 2 is 0.902 bits per heavy atom. The Hall–Kier alpha value is -7.25. The summed E-state index contributed by atoms with van der Waals surface area (Å²) in [6, 6.07) is 45.6. The number of hydroxylamine groups is 1. The summed E-state index contributed by atoms with van der Waals surface area (Å²) in [6.07, 6.45) is -2.48. The Bertz CT molecular complexity index is 2030. The number of anilines is 1. The average molecular weight is 866 g/mol. The number of alkyl carbamates (subject to hydrolysis) is 3. The fourth-order valence-electron chi connectivity index (χ4n) is 3.99. The van der Waals surface area contributed by atoms with E-state index in [2.05, 4.69) is 24.9 Å². The third-order valence-corrected chi connectivity index (χ3v) is 7.34. The number of nitrogens with zero attached hydrogens (tertiary/aromatic N) is 2. The van der Waals surface area contributed by atoms with E-state index < -0.39 is 40.8 Å². The van der Waals surface area contributed by atoms with E-state index in [0.717, 1.165) is 22.4 Å². The number of hydrogen-bond acceptors (Lipinski definition) is 11. The fourth-order valence-corrected chi connectivity index (χ4v) is 4.24. The maximum atomic E-state index is 12.2. The predicted octanol–water partition coefficient (Wildman–Crippen LogP) is 8.43. The zero-order valence-electron chi connectivity index (χ0n) is 33.3. The van der Waals surface area contributed by atoms with Gasteiger partial charge in [-0.05, 0) is 41.0 Å². The van der Waals surface area contributed by atoms with E-state index in [1.54, 1.807) is 60.1 Å². The van der Waals surface area contributed by atoms with Crippen molar-refractivity contribution in [1.82, 2.24) is 21.4 Å². The highest BCUT2D eigenvalue weighted by atomic mass is 32.2. The van der Waals surface area contributed by atoms with Crippen molar-refractivity contribution in [3.05, 3.63) is 168 Å². The van der Waals surface area contributed by atoms with E-state index in [4.69, 9.17) is 19.9 Å². The van der Waals surface area contributed by atoms with Crippen LogP contribution in [0.3, 0.4) is 0 Å². The number of nitrogens with two attached hydrogens (primary N) is 1. The summed E-state index contributed by atoms with van der Waals surface area (Å²) in [5.41, 5.74) is 5.68. The number of nitrogen functional groups attached to an aromatic ring is 1. The molecule has 0 heterocycles. The van der Waals surface area contributed by atoms with Crippen LogP contribution >= 0.6 is 0 Å². The van der Waals surface area contributed by atoms with Gasteiger partial charge in [0.1, 0.15) is 19.8 Å². The molecule has 61 heavy (non-hydrogen) atoms. The molecule has 5 rings (SSSR count). The molecule has 19 heteroatoms. The number of carbonyl (C=O) groups excluding carboxylic acids is 3. The molecule has 0 saturated heterocycles. The number of rotatable bonds is 9. The van der Waals surface area contributed by atoms with Crippen LogP contribution in [-0.4, -0.2) is 47.0 Å². The smallest absolute Gasteiger partial charge is 0.444 e. The van der Waals surface area contributed by atoms with Gasteiger partial charge in [0.05, 0.1) is 5.69 Å². The largest absolute Gasteiger partial charge is 0.499 e. The van der Waals surface area contributed by atoms with Crippen molar-refractivity contribution < 1.29 is 50.3 Å². The Labute approximate surface area is 353 Å². The summed E-state index contributed by atoms with van der Waals surface area (Å²) in [7, 11) is 1.17. The Balaban J connectivity index is 0.000000360. The molecule has 0 radical (unpaired) electrons. The van der Waals surface area contributed by atoms with E-state index in [-0.39, 0.29) is 25.8 Å². The number of ether oxygens (including phenoxy) is 3. The summed E-state index contributed by atoms with van der Waals surface area (Å²) < 4.78 is 65.5.